The van der Waals surface area contributed by atoms with Gasteiger partial charge in [-0.25, -0.2) is 0 Å². The molecule has 2 N–H and O–H groups in total. The minimum absolute atomic E-state index is 0.0303. The van der Waals surface area contributed by atoms with Gasteiger partial charge in [0.25, 0.3) is 0 Å². The maximum absolute atomic E-state index is 9.79. The van der Waals surface area contributed by atoms with Gasteiger partial charge in [-0.3, -0.25) is 0 Å². The molecule has 0 saturated heterocycles. The Balaban J connectivity index is 1.55. The van der Waals surface area contributed by atoms with Gasteiger partial charge in [0.15, 0.2) is 0 Å². The topological polar surface area (TPSA) is 43.7 Å². The molecule has 3 nitrogen and oxygen atoms in total. The number of anilines is 3. The molecule has 3 heteroatoms. The highest BCUT2D eigenvalue weighted by Gasteiger charge is 2.14. The van der Waals surface area contributed by atoms with Crippen LogP contribution in [0, 0.1) is 0 Å². The van der Waals surface area contributed by atoms with Crippen LogP contribution in [0.2, 0.25) is 0 Å². The van der Waals surface area contributed by atoms with Crippen LogP contribution in [0.4, 0.5) is 17.1 Å². The van der Waals surface area contributed by atoms with Crippen molar-refractivity contribution >= 4 is 40.2 Å². The van der Waals surface area contributed by atoms with Crippen LogP contribution in [0.5, 0.6) is 0 Å². The Hall–Kier alpha value is -5.28. The van der Waals surface area contributed by atoms with Crippen LogP contribution in [0.25, 0.3) is 23.2 Å². The Labute approximate surface area is 229 Å². The van der Waals surface area contributed by atoms with Crippen LogP contribution in [-0.4, -0.2) is 10.2 Å². The summed E-state index contributed by atoms with van der Waals surface area (Å²) in [4.78, 5) is 2.12. The molecular formula is C36H29NO2. The first-order chi connectivity index (χ1) is 19.0. The summed E-state index contributed by atoms with van der Waals surface area (Å²) in [5.74, 6) is 0.0605. The molecule has 0 aliphatic carbocycles. The van der Waals surface area contributed by atoms with Crippen molar-refractivity contribution in [1.29, 1.82) is 0 Å². The quantitative estimate of drug-likeness (QED) is 0.162. The third-order valence-corrected chi connectivity index (χ3v) is 6.55. The van der Waals surface area contributed by atoms with Gasteiger partial charge in [-0.15, -0.1) is 0 Å². The van der Waals surface area contributed by atoms with Crippen LogP contribution in [0.15, 0.2) is 147 Å². The third-order valence-electron chi connectivity index (χ3n) is 6.55. The van der Waals surface area contributed by atoms with Gasteiger partial charge in [-0.1, -0.05) is 86.0 Å². The predicted octanol–water partition coefficient (Wildman–Crippen LogP) is 9.80. The monoisotopic (exact) mass is 507 g/mol. The highest BCUT2D eigenvalue weighted by molar-refractivity contribution is 5.91. The second-order valence-corrected chi connectivity index (χ2v) is 9.20. The van der Waals surface area contributed by atoms with E-state index in [1.54, 1.807) is 0 Å². The molecule has 0 unspecified atom stereocenters. The zero-order chi connectivity index (χ0) is 27.2. The third kappa shape index (κ3) is 5.84. The molecule has 0 fully saturated rings. The van der Waals surface area contributed by atoms with E-state index in [4.69, 9.17) is 0 Å². The minimum Gasteiger partial charge on any atom is -0.508 e. The van der Waals surface area contributed by atoms with Gasteiger partial charge in [-0.2, -0.15) is 0 Å². The lowest BCUT2D eigenvalue weighted by Crippen LogP contribution is -2.10. The molecule has 0 saturated carbocycles. The van der Waals surface area contributed by atoms with Crippen molar-refractivity contribution in [2.75, 3.05) is 4.90 Å². The van der Waals surface area contributed by atoms with Crippen LogP contribution in [-0.2, 0) is 0 Å². The van der Waals surface area contributed by atoms with Crippen LogP contribution >= 0.6 is 0 Å². The summed E-state index contributed by atoms with van der Waals surface area (Å²) in [6.07, 6.45) is 2.21. The van der Waals surface area contributed by atoms with Gasteiger partial charge in [0, 0.05) is 28.2 Å². The van der Waals surface area contributed by atoms with E-state index in [1.165, 1.54) is 0 Å². The Morgan fingerprint density at radius 3 is 1.18 bits per heavy atom. The Morgan fingerprint density at radius 1 is 0.462 bits per heavy atom. The largest absolute Gasteiger partial charge is 0.508 e. The summed E-state index contributed by atoms with van der Waals surface area (Å²) in [6, 6.07) is 44.4. The van der Waals surface area contributed by atoms with E-state index in [9.17, 15) is 10.2 Å². The first-order valence-corrected chi connectivity index (χ1v) is 12.7. The van der Waals surface area contributed by atoms with Crippen molar-refractivity contribution < 1.29 is 10.2 Å². The molecule has 190 valence electrons. The zero-order valence-corrected chi connectivity index (χ0v) is 21.5. The van der Waals surface area contributed by atoms with Crippen LogP contribution < -0.4 is 4.90 Å². The van der Waals surface area contributed by atoms with Crippen molar-refractivity contribution in [2.24, 2.45) is 0 Å². The van der Waals surface area contributed by atoms with Crippen molar-refractivity contribution in [2.45, 2.75) is 0 Å². The van der Waals surface area contributed by atoms with E-state index < -0.39 is 0 Å². The number of hydrogen-bond donors (Lipinski definition) is 2. The summed E-state index contributed by atoms with van der Waals surface area (Å²) in [6.45, 7) is 7.25. The van der Waals surface area contributed by atoms with Crippen LogP contribution in [0.3, 0.4) is 0 Å². The van der Waals surface area contributed by atoms with E-state index >= 15 is 0 Å². The smallest absolute Gasteiger partial charge is 0.115 e. The summed E-state index contributed by atoms with van der Waals surface area (Å²) in [5.41, 5.74) is 8.71. The van der Waals surface area contributed by atoms with Crippen molar-refractivity contribution in [3.63, 3.8) is 0 Å². The Bertz CT molecular complexity index is 1500. The van der Waals surface area contributed by atoms with Crippen molar-refractivity contribution in [1.82, 2.24) is 0 Å². The normalized spacial score (nSPS) is 10.5. The molecule has 5 rings (SSSR count). The summed E-state index contributed by atoms with van der Waals surface area (Å²) in [5, 5.41) is 19.6. The van der Waals surface area contributed by atoms with E-state index in [1.807, 2.05) is 60.7 Å². The Kier molecular flexibility index (Phi) is 7.42. The second kappa shape index (κ2) is 11.4. The number of rotatable bonds is 8. The standard InChI is InChI=1S/C36H29NO2/c1-26(38)29-15-21-34(22-16-29)37(35-23-17-30(18-24-35)27(2)39)33-19-13-28(14-20-33)25-36(31-9-5-3-6-10-31)32-11-7-4-8-12-32/h3-25,38-39H,1-2H2. The predicted molar refractivity (Wildman–Crippen MR) is 164 cm³/mol. The maximum atomic E-state index is 9.79. The van der Waals surface area contributed by atoms with E-state index in [2.05, 4.69) is 96.9 Å². The van der Waals surface area contributed by atoms with Crippen LogP contribution in [0.1, 0.15) is 27.8 Å². The fourth-order valence-corrected chi connectivity index (χ4v) is 4.51. The number of nitrogens with zero attached hydrogens (tertiary/aromatic N) is 1. The van der Waals surface area contributed by atoms with E-state index in [0.717, 1.165) is 39.3 Å². The fourth-order valence-electron chi connectivity index (χ4n) is 4.51. The first-order valence-electron chi connectivity index (χ1n) is 12.7. The zero-order valence-electron chi connectivity index (χ0n) is 21.5. The first kappa shape index (κ1) is 25.4. The molecule has 5 aromatic carbocycles. The van der Waals surface area contributed by atoms with Gasteiger partial charge in [0.05, 0.1) is 0 Å². The molecule has 0 radical (unpaired) electrons. The average Bonchev–Trinajstić information content (AvgIpc) is 2.98. The lowest BCUT2D eigenvalue weighted by Gasteiger charge is -2.26. The molecule has 5 aromatic rings. The highest BCUT2D eigenvalue weighted by atomic mass is 16.3. The van der Waals surface area contributed by atoms with E-state index in [0.29, 0.717) is 11.1 Å². The van der Waals surface area contributed by atoms with Crippen molar-refractivity contribution in [3.8, 4) is 0 Å². The molecule has 39 heavy (non-hydrogen) atoms. The molecule has 0 aliphatic rings. The second-order valence-electron chi connectivity index (χ2n) is 9.20. The number of benzene rings is 5. The van der Waals surface area contributed by atoms with Gasteiger partial charge in [0.2, 0.25) is 0 Å². The molecule has 0 heterocycles. The highest BCUT2D eigenvalue weighted by Crippen LogP contribution is 2.36. The molecule has 0 bridgehead atoms. The minimum atomic E-state index is 0.0303. The maximum Gasteiger partial charge on any atom is 0.115 e. The molecule has 0 atom stereocenters. The average molecular weight is 508 g/mol. The van der Waals surface area contributed by atoms with Gasteiger partial charge >= 0.3 is 0 Å². The lowest BCUT2D eigenvalue weighted by molar-refractivity contribution is 0.513. The summed E-state index contributed by atoms with van der Waals surface area (Å²) in [7, 11) is 0. The summed E-state index contributed by atoms with van der Waals surface area (Å²) < 4.78 is 0. The molecule has 0 aliphatic heterocycles. The summed E-state index contributed by atoms with van der Waals surface area (Å²) >= 11 is 0. The SMILES string of the molecule is C=C(O)c1ccc(N(c2ccc(C=C(c3ccccc3)c3ccccc3)cc2)c2ccc(C(=C)O)cc2)cc1. The Morgan fingerprint density at radius 2 is 0.821 bits per heavy atom. The fraction of sp³-hybridized carbons (Fsp3) is 0. The molecule has 0 aromatic heterocycles. The van der Waals surface area contributed by atoms with Gasteiger partial charge in [0.1, 0.15) is 11.5 Å². The molecular weight excluding hydrogens is 478 g/mol. The number of hydrogen-bond acceptors (Lipinski definition) is 3. The number of aliphatic hydroxyl groups is 2. The number of aliphatic hydroxyl groups excluding tert-OH is 2. The van der Waals surface area contributed by atoms with E-state index in [-0.39, 0.29) is 11.5 Å². The molecule has 0 amide bonds. The van der Waals surface area contributed by atoms with Gasteiger partial charge < -0.3 is 15.1 Å². The molecule has 0 spiro atoms. The van der Waals surface area contributed by atoms with Gasteiger partial charge in [-0.05, 0) is 89.0 Å². The lowest BCUT2D eigenvalue weighted by atomic mass is 9.95. The van der Waals surface area contributed by atoms with Crippen molar-refractivity contribution in [3.05, 3.63) is 174 Å².